The van der Waals surface area contributed by atoms with Crippen molar-refractivity contribution in [3.05, 3.63) is 48.5 Å². The van der Waals surface area contributed by atoms with Crippen LogP contribution >= 0.6 is 11.8 Å². The fourth-order valence-electron chi connectivity index (χ4n) is 1.96. The minimum absolute atomic E-state index is 0.184. The summed E-state index contributed by atoms with van der Waals surface area (Å²) in [6, 6.07) is 14.9. The molecule has 2 aromatic rings. The molecular weight excluding hydrogens is 310 g/mol. The van der Waals surface area contributed by atoms with Crippen LogP contribution in [-0.4, -0.2) is 24.9 Å². The van der Waals surface area contributed by atoms with Gasteiger partial charge in [0.25, 0.3) is 5.91 Å². The summed E-state index contributed by atoms with van der Waals surface area (Å²) in [5.41, 5.74) is 0.759. The summed E-state index contributed by atoms with van der Waals surface area (Å²) in [6.45, 7) is 4.28. The Bertz CT molecular complexity index is 626. The molecule has 2 rings (SSSR count). The molecular formula is C18H21NO3S. The fourth-order valence-corrected chi connectivity index (χ4v) is 2.37. The summed E-state index contributed by atoms with van der Waals surface area (Å²) in [5.74, 6) is 1.23. The lowest BCUT2D eigenvalue weighted by molar-refractivity contribution is -0.122. The monoisotopic (exact) mass is 331 g/mol. The van der Waals surface area contributed by atoms with E-state index in [4.69, 9.17) is 9.47 Å². The molecule has 122 valence electrons. The van der Waals surface area contributed by atoms with Crippen LogP contribution in [0.4, 0.5) is 5.69 Å². The maximum atomic E-state index is 12.2. The number of carbonyl (C=O) groups is 1. The third-order valence-corrected chi connectivity index (χ3v) is 3.92. The lowest BCUT2D eigenvalue weighted by Crippen LogP contribution is -2.30. The van der Waals surface area contributed by atoms with Gasteiger partial charge >= 0.3 is 0 Å². The van der Waals surface area contributed by atoms with E-state index in [-0.39, 0.29) is 5.91 Å². The van der Waals surface area contributed by atoms with E-state index in [1.54, 1.807) is 30.8 Å². The average Bonchev–Trinajstić information content (AvgIpc) is 2.57. The van der Waals surface area contributed by atoms with Crippen molar-refractivity contribution >= 4 is 23.4 Å². The van der Waals surface area contributed by atoms with Crippen molar-refractivity contribution in [3.63, 3.8) is 0 Å². The second kappa shape index (κ2) is 8.48. The van der Waals surface area contributed by atoms with Crippen molar-refractivity contribution in [1.29, 1.82) is 0 Å². The molecule has 0 saturated carbocycles. The minimum atomic E-state index is -0.590. The van der Waals surface area contributed by atoms with E-state index < -0.39 is 6.10 Å². The Kier molecular flexibility index (Phi) is 6.35. The second-order valence-electron chi connectivity index (χ2n) is 4.88. The molecule has 0 heterocycles. The summed E-state index contributed by atoms with van der Waals surface area (Å²) >= 11 is 1.66. The number of thioether (sulfide) groups is 1. The van der Waals surface area contributed by atoms with Gasteiger partial charge in [-0.1, -0.05) is 0 Å². The first-order valence-corrected chi connectivity index (χ1v) is 8.69. The Hall–Kier alpha value is -2.14. The molecule has 23 heavy (non-hydrogen) atoms. The van der Waals surface area contributed by atoms with Crippen LogP contribution in [0.15, 0.2) is 53.4 Å². The summed E-state index contributed by atoms with van der Waals surface area (Å²) in [7, 11) is 0. The molecule has 0 spiro atoms. The smallest absolute Gasteiger partial charge is 0.265 e. The van der Waals surface area contributed by atoms with Gasteiger partial charge in [-0.05, 0) is 68.6 Å². The molecule has 0 bridgehead atoms. The van der Waals surface area contributed by atoms with Crippen LogP contribution in [0.5, 0.6) is 11.5 Å². The lowest BCUT2D eigenvalue weighted by Gasteiger charge is -2.15. The second-order valence-corrected chi connectivity index (χ2v) is 5.76. The summed E-state index contributed by atoms with van der Waals surface area (Å²) in [5, 5.41) is 2.85. The van der Waals surface area contributed by atoms with E-state index in [9.17, 15) is 4.79 Å². The summed E-state index contributed by atoms with van der Waals surface area (Å²) in [6.07, 6.45) is 1.42. The molecule has 4 nitrogen and oxygen atoms in total. The quantitative estimate of drug-likeness (QED) is 0.772. The summed E-state index contributed by atoms with van der Waals surface area (Å²) < 4.78 is 11.0. The molecule has 0 saturated heterocycles. The van der Waals surface area contributed by atoms with E-state index in [0.29, 0.717) is 12.4 Å². The molecule has 0 fully saturated rings. The molecule has 0 aliphatic heterocycles. The van der Waals surface area contributed by atoms with Gasteiger partial charge in [-0.3, -0.25) is 4.79 Å². The molecule has 0 aliphatic carbocycles. The number of benzene rings is 2. The SMILES string of the molecule is CCOc1ccc(O[C@H](C)C(=O)Nc2ccc(SC)cc2)cc1. The van der Waals surface area contributed by atoms with Gasteiger partial charge < -0.3 is 14.8 Å². The Morgan fingerprint density at radius 2 is 1.70 bits per heavy atom. The van der Waals surface area contributed by atoms with E-state index in [2.05, 4.69) is 5.32 Å². The van der Waals surface area contributed by atoms with Crippen LogP contribution in [0.3, 0.4) is 0 Å². The highest BCUT2D eigenvalue weighted by molar-refractivity contribution is 7.98. The lowest BCUT2D eigenvalue weighted by atomic mass is 10.3. The third kappa shape index (κ3) is 5.21. The van der Waals surface area contributed by atoms with Gasteiger partial charge in [-0.15, -0.1) is 11.8 Å². The first kappa shape index (κ1) is 17.2. The summed E-state index contributed by atoms with van der Waals surface area (Å²) in [4.78, 5) is 13.3. The molecule has 0 aliphatic rings. The highest BCUT2D eigenvalue weighted by Crippen LogP contribution is 2.20. The van der Waals surface area contributed by atoms with Crippen LogP contribution in [0, 0.1) is 0 Å². The maximum Gasteiger partial charge on any atom is 0.265 e. The Morgan fingerprint density at radius 3 is 2.26 bits per heavy atom. The molecule has 0 aromatic heterocycles. The predicted octanol–water partition coefficient (Wildman–Crippen LogP) is 4.21. The molecule has 2 aromatic carbocycles. The van der Waals surface area contributed by atoms with E-state index in [1.807, 2.05) is 49.6 Å². The van der Waals surface area contributed by atoms with Crippen LogP contribution < -0.4 is 14.8 Å². The van der Waals surface area contributed by atoms with Crippen molar-refractivity contribution in [1.82, 2.24) is 0 Å². The van der Waals surface area contributed by atoms with Crippen LogP contribution in [0.2, 0.25) is 0 Å². The van der Waals surface area contributed by atoms with E-state index in [0.717, 1.165) is 16.3 Å². The molecule has 0 radical (unpaired) electrons. The van der Waals surface area contributed by atoms with Gasteiger partial charge in [-0.25, -0.2) is 0 Å². The van der Waals surface area contributed by atoms with Crippen molar-refractivity contribution in [2.45, 2.75) is 24.8 Å². The van der Waals surface area contributed by atoms with E-state index in [1.165, 1.54) is 0 Å². The van der Waals surface area contributed by atoms with Crippen molar-refractivity contribution in [3.8, 4) is 11.5 Å². The fraction of sp³-hybridized carbons (Fsp3) is 0.278. The van der Waals surface area contributed by atoms with Crippen LogP contribution in [-0.2, 0) is 4.79 Å². The number of anilines is 1. The number of carbonyl (C=O) groups excluding carboxylic acids is 1. The molecule has 5 heteroatoms. The van der Waals surface area contributed by atoms with Crippen molar-refractivity contribution in [2.75, 3.05) is 18.2 Å². The van der Waals surface area contributed by atoms with Crippen LogP contribution in [0.1, 0.15) is 13.8 Å². The first-order valence-electron chi connectivity index (χ1n) is 7.46. The van der Waals surface area contributed by atoms with E-state index >= 15 is 0 Å². The van der Waals surface area contributed by atoms with Crippen molar-refractivity contribution in [2.24, 2.45) is 0 Å². The highest BCUT2D eigenvalue weighted by atomic mass is 32.2. The van der Waals surface area contributed by atoms with Gasteiger partial charge in [0.05, 0.1) is 6.61 Å². The van der Waals surface area contributed by atoms with Gasteiger partial charge in [0.1, 0.15) is 11.5 Å². The highest BCUT2D eigenvalue weighted by Gasteiger charge is 2.14. The maximum absolute atomic E-state index is 12.2. The van der Waals surface area contributed by atoms with Gasteiger partial charge in [0, 0.05) is 10.6 Å². The van der Waals surface area contributed by atoms with Gasteiger partial charge in [0.2, 0.25) is 0 Å². The topological polar surface area (TPSA) is 47.6 Å². The number of nitrogens with one attached hydrogen (secondary N) is 1. The zero-order chi connectivity index (χ0) is 16.7. The number of hydrogen-bond donors (Lipinski definition) is 1. The number of hydrogen-bond acceptors (Lipinski definition) is 4. The van der Waals surface area contributed by atoms with Crippen LogP contribution in [0.25, 0.3) is 0 Å². The predicted molar refractivity (Wildman–Crippen MR) is 94.6 cm³/mol. The largest absolute Gasteiger partial charge is 0.494 e. The first-order chi connectivity index (χ1) is 11.1. The third-order valence-electron chi connectivity index (χ3n) is 3.17. The number of amides is 1. The van der Waals surface area contributed by atoms with Gasteiger partial charge in [-0.2, -0.15) is 0 Å². The molecule has 0 unspecified atom stereocenters. The average molecular weight is 331 g/mol. The molecule has 1 N–H and O–H groups in total. The standard InChI is InChI=1S/C18H21NO3S/c1-4-21-15-7-9-16(10-8-15)22-13(2)18(20)19-14-5-11-17(23-3)12-6-14/h5-13H,4H2,1-3H3,(H,19,20)/t13-/m1/s1. The Labute approximate surface area is 141 Å². The number of rotatable bonds is 7. The minimum Gasteiger partial charge on any atom is -0.494 e. The zero-order valence-corrected chi connectivity index (χ0v) is 14.4. The molecule has 1 atom stereocenters. The zero-order valence-electron chi connectivity index (χ0n) is 13.5. The normalized spacial score (nSPS) is 11.6. The Balaban J connectivity index is 1.90. The Morgan fingerprint density at radius 1 is 1.09 bits per heavy atom. The van der Waals surface area contributed by atoms with Gasteiger partial charge in [0.15, 0.2) is 6.10 Å². The van der Waals surface area contributed by atoms with Crippen molar-refractivity contribution < 1.29 is 14.3 Å². The molecule has 1 amide bonds. The number of ether oxygens (including phenoxy) is 2.